The second kappa shape index (κ2) is 14.4. The first kappa shape index (κ1) is 35.7. The fourth-order valence-electron chi connectivity index (χ4n) is 9.15. The Bertz CT molecular complexity index is 3320. The molecule has 8 heteroatoms. The van der Waals surface area contributed by atoms with E-state index in [0.29, 0.717) is 28.8 Å². The molecule has 11 rings (SSSR count). The first-order valence-corrected chi connectivity index (χ1v) is 22.1. The lowest BCUT2D eigenvalue weighted by molar-refractivity contribution is 0.893. The van der Waals surface area contributed by atoms with E-state index < -0.39 is 8.07 Å². The molecule has 0 radical (unpaired) electrons. The highest BCUT2D eigenvalue weighted by Crippen LogP contribution is 2.35. The SMILES string of the molecule is N#Cc1ccc2c(c1)c1ccccc1n2-c1nc(-c2cccc([Si](c3ccccc3)(c3ccccc3)c3ccccc3)c2)nc(-n2c3ccccc3c3cc(C#N)ccc32)n1. The highest BCUT2D eigenvalue weighted by molar-refractivity contribution is 7.19. The van der Waals surface area contributed by atoms with Crippen LogP contribution in [0.2, 0.25) is 0 Å². The van der Waals surface area contributed by atoms with Gasteiger partial charge in [-0.15, -0.1) is 0 Å². The van der Waals surface area contributed by atoms with Crippen LogP contribution < -0.4 is 20.7 Å². The lowest BCUT2D eigenvalue weighted by Gasteiger charge is -2.34. The fraction of sp³-hybridized carbons (Fsp3) is 0. The van der Waals surface area contributed by atoms with Crippen molar-refractivity contribution < 1.29 is 0 Å². The lowest BCUT2D eigenvalue weighted by Crippen LogP contribution is -2.74. The molecule has 284 valence electrons. The molecule has 0 amide bonds. The van der Waals surface area contributed by atoms with Crippen molar-refractivity contribution in [3.05, 3.63) is 211 Å². The van der Waals surface area contributed by atoms with Gasteiger partial charge in [0.25, 0.3) is 0 Å². The minimum atomic E-state index is -2.90. The third-order valence-electron chi connectivity index (χ3n) is 11.8. The Labute approximate surface area is 352 Å². The summed E-state index contributed by atoms with van der Waals surface area (Å²) < 4.78 is 4.14. The summed E-state index contributed by atoms with van der Waals surface area (Å²) in [6.07, 6.45) is 0. The Morgan fingerprint density at radius 1 is 0.361 bits per heavy atom. The maximum atomic E-state index is 9.89. The van der Waals surface area contributed by atoms with E-state index in [0.717, 1.165) is 49.2 Å². The fourth-order valence-corrected chi connectivity index (χ4v) is 14.0. The van der Waals surface area contributed by atoms with Crippen molar-refractivity contribution >= 4 is 72.4 Å². The number of hydrogen-bond donors (Lipinski definition) is 0. The average molecular weight is 796 g/mol. The number of hydrogen-bond acceptors (Lipinski definition) is 5. The van der Waals surface area contributed by atoms with Crippen LogP contribution in [0, 0.1) is 22.7 Å². The van der Waals surface area contributed by atoms with Gasteiger partial charge in [0.15, 0.2) is 13.9 Å². The molecule has 8 aromatic carbocycles. The Morgan fingerprint density at radius 3 is 1.23 bits per heavy atom. The largest absolute Gasteiger partial charge is 0.278 e. The van der Waals surface area contributed by atoms with E-state index in [2.05, 4.69) is 161 Å². The van der Waals surface area contributed by atoms with Crippen molar-refractivity contribution in [1.29, 1.82) is 10.5 Å². The van der Waals surface area contributed by atoms with Gasteiger partial charge in [-0.3, -0.25) is 9.13 Å². The van der Waals surface area contributed by atoms with Crippen molar-refractivity contribution in [2.75, 3.05) is 0 Å². The molecule has 0 aliphatic heterocycles. The van der Waals surface area contributed by atoms with Crippen LogP contribution in [-0.2, 0) is 0 Å². The van der Waals surface area contributed by atoms with Gasteiger partial charge in [-0.25, -0.2) is 0 Å². The molecule has 0 N–H and O–H groups in total. The Balaban J connectivity index is 1.23. The number of aromatic nitrogens is 5. The first-order chi connectivity index (χ1) is 30.1. The van der Waals surface area contributed by atoms with Crippen LogP contribution in [0.3, 0.4) is 0 Å². The van der Waals surface area contributed by atoms with Gasteiger partial charge in [0, 0.05) is 27.1 Å². The molecule has 3 aromatic heterocycles. The molecule has 0 atom stereocenters. The predicted octanol–water partition coefficient (Wildman–Crippen LogP) is 8.85. The van der Waals surface area contributed by atoms with Gasteiger partial charge in [-0.05, 0) is 69.3 Å². The maximum absolute atomic E-state index is 9.89. The monoisotopic (exact) mass is 795 g/mol. The third-order valence-corrected chi connectivity index (χ3v) is 16.6. The minimum Gasteiger partial charge on any atom is -0.278 e. The smallest absolute Gasteiger partial charge is 0.240 e. The maximum Gasteiger partial charge on any atom is 0.240 e. The van der Waals surface area contributed by atoms with E-state index in [-0.39, 0.29) is 0 Å². The summed E-state index contributed by atoms with van der Waals surface area (Å²) in [6, 6.07) is 73.8. The van der Waals surface area contributed by atoms with Gasteiger partial charge in [0.05, 0.1) is 45.3 Å². The number of nitriles is 2. The quantitative estimate of drug-likeness (QED) is 0.119. The van der Waals surface area contributed by atoms with E-state index in [1.54, 1.807) is 0 Å². The molecule has 0 fully saturated rings. The van der Waals surface area contributed by atoms with Crippen molar-refractivity contribution in [1.82, 2.24) is 24.1 Å². The summed E-state index contributed by atoms with van der Waals surface area (Å²) in [5.41, 5.74) is 5.58. The zero-order valence-electron chi connectivity index (χ0n) is 32.7. The van der Waals surface area contributed by atoms with Crippen molar-refractivity contribution in [2.45, 2.75) is 0 Å². The summed E-state index contributed by atoms with van der Waals surface area (Å²) in [4.78, 5) is 16.1. The van der Waals surface area contributed by atoms with Gasteiger partial charge < -0.3 is 0 Å². The normalized spacial score (nSPS) is 11.6. The van der Waals surface area contributed by atoms with Crippen molar-refractivity contribution in [3.63, 3.8) is 0 Å². The van der Waals surface area contributed by atoms with Crippen LogP contribution in [0.4, 0.5) is 0 Å². The number of nitrogens with zero attached hydrogens (tertiary/aromatic N) is 7. The van der Waals surface area contributed by atoms with E-state index in [9.17, 15) is 10.5 Å². The summed E-state index contributed by atoms with van der Waals surface area (Å²) >= 11 is 0. The van der Waals surface area contributed by atoms with Gasteiger partial charge in [0.1, 0.15) is 0 Å². The van der Waals surface area contributed by atoms with Crippen LogP contribution in [0.5, 0.6) is 0 Å². The molecule has 3 heterocycles. The first-order valence-electron chi connectivity index (χ1n) is 20.1. The second-order valence-corrected chi connectivity index (χ2v) is 18.9. The number of para-hydroxylation sites is 2. The van der Waals surface area contributed by atoms with Gasteiger partial charge in [-0.2, -0.15) is 25.5 Å². The summed E-state index contributed by atoms with van der Waals surface area (Å²) in [5, 5.41) is 28.6. The van der Waals surface area contributed by atoms with E-state index >= 15 is 0 Å². The summed E-state index contributed by atoms with van der Waals surface area (Å²) in [5.74, 6) is 1.40. The summed E-state index contributed by atoms with van der Waals surface area (Å²) in [7, 11) is -2.90. The Kier molecular flexibility index (Phi) is 8.45. The predicted molar refractivity (Wildman–Crippen MR) is 247 cm³/mol. The van der Waals surface area contributed by atoms with Gasteiger partial charge in [0.2, 0.25) is 11.9 Å². The zero-order chi connectivity index (χ0) is 40.9. The van der Waals surface area contributed by atoms with Crippen molar-refractivity contribution in [2.24, 2.45) is 0 Å². The molecule has 0 unspecified atom stereocenters. The van der Waals surface area contributed by atoms with Crippen LogP contribution in [0.15, 0.2) is 200 Å². The molecule has 0 spiro atoms. The molecule has 11 aromatic rings. The second-order valence-electron chi connectivity index (χ2n) is 15.1. The molecule has 0 saturated heterocycles. The number of benzene rings is 8. The molecule has 0 aliphatic rings. The highest BCUT2D eigenvalue weighted by Gasteiger charge is 2.41. The molecular weight excluding hydrogens is 763 g/mol. The van der Waals surface area contributed by atoms with E-state index in [1.165, 1.54) is 20.7 Å². The van der Waals surface area contributed by atoms with Crippen LogP contribution in [-0.4, -0.2) is 32.2 Å². The molecular formula is C53H33N7Si. The minimum absolute atomic E-state index is 0.443. The van der Waals surface area contributed by atoms with E-state index in [1.807, 2.05) is 60.7 Å². The third kappa shape index (κ3) is 5.66. The molecule has 0 bridgehead atoms. The highest BCUT2D eigenvalue weighted by atomic mass is 28.3. The lowest BCUT2D eigenvalue weighted by atomic mass is 10.1. The zero-order valence-corrected chi connectivity index (χ0v) is 33.7. The Morgan fingerprint density at radius 2 is 0.770 bits per heavy atom. The average Bonchev–Trinajstić information content (AvgIpc) is 3.85. The molecule has 7 nitrogen and oxygen atoms in total. The summed E-state index contributed by atoms with van der Waals surface area (Å²) in [6.45, 7) is 0. The van der Waals surface area contributed by atoms with Crippen LogP contribution >= 0.6 is 0 Å². The topological polar surface area (TPSA) is 96.1 Å². The molecule has 0 saturated carbocycles. The van der Waals surface area contributed by atoms with Crippen LogP contribution in [0.25, 0.3) is 66.9 Å². The van der Waals surface area contributed by atoms with Crippen molar-refractivity contribution in [3.8, 4) is 35.4 Å². The van der Waals surface area contributed by atoms with E-state index in [4.69, 9.17) is 15.0 Å². The van der Waals surface area contributed by atoms with Gasteiger partial charge >= 0.3 is 0 Å². The van der Waals surface area contributed by atoms with Gasteiger partial charge in [-0.1, -0.05) is 152 Å². The number of fused-ring (bicyclic) bond motifs is 6. The Hall–Kier alpha value is -8.43. The van der Waals surface area contributed by atoms with Crippen LogP contribution in [0.1, 0.15) is 11.1 Å². The molecule has 61 heavy (non-hydrogen) atoms. The molecule has 0 aliphatic carbocycles. The standard InChI is InChI=1S/C53H33N7Si/c54-34-36-27-29-49-45(31-36)43-23-10-12-25-47(43)59(49)52-56-51(57-53(58-52)60-48-26-13-11-24-44(48)46-32-37(35-55)28-30-50(46)60)38-15-14-22-42(33-38)61(39-16-4-1-5-17-39,40-18-6-2-7-19-40)41-20-8-3-9-21-41/h1-33H. The number of rotatable bonds is 7.